The number of nitrogens with one attached hydrogen (secondary N) is 2. The van der Waals surface area contributed by atoms with E-state index in [2.05, 4.69) is 15.6 Å². The minimum atomic E-state index is -1.18. The highest BCUT2D eigenvalue weighted by Gasteiger charge is 2.17. The molecule has 0 saturated heterocycles. The Bertz CT molecular complexity index is 818. The van der Waals surface area contributed by atoms with Crippen molar-refractivity contribution >= 4 is 28.5 Å². The lowest BCUT2D eigenvalue weighted by Gasteiger charge is -2.09. The van der Waals surface area contributed by atoms with E-state index < -0.39 is 17.9 Å². The highest BCUT2D eigenvalue weighted by molar-refractivity contribution is 6.00. The molecule has 1 aromatic carbocycles. The van der Waals surface area contributed by atoms with Crippen molar-refractivity contribution in [1.29, 1.82) is 5.26 Å². The highest BCUT2D eigenvalue weighted by atomic mass is 16.4. The summed E-state index contributed by atoms with van der Waals surface area (Å²) in [5.74, 6) is -1.94. The van der Waals surface area contributed by atoms with Gasteiger partial charge in [-0.15, -0.1) is 0 Å². The van der Waals surface area contributed by atoms with Gasteiger partial charge in [0.2, 0.25) is 0 Å². The number of carboxylic acids is 1. The molecule has 0 saturated carbocycles. The van der Waals surface area contributed by atoms with Crippen LogP contribution >= 0.6 is 0 Å². The van der Waals surface area contributed by atoms with E-state index in [0.717, 1.165) is 5.39 Å². The average Bonchev–Trinajstić information content (AvgIpc) is 2.55. The minimum Gasteiger partial charge on any atom is -0.480 e. The molecule has 0 fully saturated rings. The molecule has 2 aromatic rings. The van der Waals surface area contributed by atoms with Gasteiger partial charge in [0.05, 0.1) is 11.2 Å². The third-order valence-corrected chi connectivity index (χ3v) is 3.09. The predicted molar refractivity (Wildman–Crippen MR) is 84.3 cm³/mol. The van der Waals surface area contributed by atoms with Crippen molar-refractivity contribution in [2.75, 3.05) is 5.32 Å². The number of nitriles is 1. The molecule has 0 aliphatic heterocycles. The van der Waals surface area contributed by atoms with Gasteiger partial charge in [-0.1, -0.05) is 18.2 Å². The number of para-hydroxylation sites is 1. The third-order valence-electron chi connectivity index (χ3n) is 3.09. The lowest BCUT2D eigenvalue weighted by Crippen LogP contribution is -2.39. The summed E-state index contributed by atoms with van der Waals surface area (Å²) in [5, 5.41) is 23.8. The fourth-order valence-electron chi connectivity index (χ4n) is 1.86. The van der Waals surface area contributed by atoms with Crippen molar-refractivity contribution in [1.82, 2.24) is 10.3 Å². The second-order valence-electron chi connectivity index (χ2n) is 4.73. The molecular weight excluding hydrogens is 296 g/mol. The molecule has 23 heavy (non-hydrogen) atoms. The van der Waals surface area contributed by atoms with Gasteiger partial charge in [-0.3, -0.25) is 14.6 Å². The predicted octanol–water partition coefficient (Wildman–Crippen LogP) is 1.64. The number of aromatic nitrogens is 1. The highest BCUT2D eigenvalue weighted by Crippen LogP contribution is 2.20. The van der Waals surface area contributed by atoms with Crippen LogP contribution in [0.4, 0.5) is 5.69 Å². The molecule has 3 N–H and O–H groups in total. The number of carboxylic acid groups (broad SMARTS) is 1. The van der Waals surface area contributed by atoms with Crippen LogP contribution in [-0.2, 0) is 9.59 Å². The Morgan fingerprint density at radius 2 is 2.09 bits per heavy atom. The summed E-state index contributed by atoms with van der Waals surface area (Å²) in [6.45, 7) is 1.32. The second kappa shape index (κ2) is 7.04. The molecule has 1 heterocycles. The zero-order chi connectivity index (χ0) is 16.8. The van der Waals surface area contributed by atoms with Crippen molar-refractivity contribution in [2.45, 2.75) is 13.0 Å². The van der Waals surface area contributed by atoms with Crippen molar-refractivity contribution in [3.8, 4) is 6.07 Å². The van der Waals surface area contributed by atoms with Crippen LogP contribution in [0.25, 0.3) is 10.9 Å². The van der Waals surface area contributed by atoms with Gasteiger partial charge in [-0.05, 0) is 19.1 Å². The van der Waals surface area contributed by atoms with Gasteiger partial charge in [-0.2, -0.15) is 5.26 Å². The van der Waals surface area contributed by atoms with Crippen LogP contribution in [0.1, 0.15) is 6.92 Å². The number of aliphatic carboxylic acids is 1. The zero-order valence-corrected chi connectivity index (χ0v) is 12.3. The van der Waals surface area contributed by atoms with Crippen molar-refractivity contribution < 1.29 is 14.7 Å². The minimum absolute atomic E-state index is 0.231. The van der Waals surface area contributed by atoms with Gasteiger partial charge >= 0.3 is 5.97 Å². The molecule has 1 atom stereocenters. The number of amides is 1. The van der Waals surface area contributed by atoms with E-state index in [0.29, 0.717) is 11.2 Å². The van der Waals surface area contributed by atoms with E-state index in [1.54, 1.807) is 18.3 Å². The number of hydrogen-bond acceptors (Lipinski definition) is 5. The van der Waals surface area contributed by atoms with Crippen LogP contribution in [0, 0.1) is 11.3 Å². The Labute approximate surface area is 132 Å². The average molecular weight is 310 g/mol. The van der Waals surface area contributed by atoms with E-state index >= 15 is 0 Å². The van der Waals surface area contributed by atoms with Crippen LogP contribution in [0.5, 0.6) is 0 Å². The molecule has 0 radical (unpaired) electrons. The van der Waals surface area contributed by atoms with E-state index in [9.17, 15) is 9.59 Å². The summed E-state index contributed by atoms with van der Waals surface area (Å²) in [5.41, 5.74) is 1.10. The fourth-order valence-corrected chi connectivity index (χ4v) is 1.86. The van der Waals surface area contributed by atoms with Crippen LogP contribution in [-0.4, -0.2) is 28.0 Å². The largest absolute Gasteiger partial charge is 0.480 e. The lowest BCUT2D eigenvalue weighted by molar-refractivity contribution is -0.140. The molecule has 0 bridgehead atoms. The number of rotatable bonds is 5. The summed E-state index contributed by atoms with van der Waals surface area (Å²) in [6, 6.07) is 9.83. The van der Waals surface area contributed by atoms with Crippen molar-refractivity contribution in [2.24, 2.45) is 0 Å². The Kier molecular flexibility index (Phi) is 4.89. The van der Waals surface area contributed by atoms with Crippen LogP contribution in [0.3, 0.4) is 0 Å². The Morgan fingerprint density at radius 3 is 2.78 bits per heavy atom. The first kappa shape index (κ1) is 16.0. The molecule has 7 heteroatoms. The molecule has 2 rings (SSSR count). The van der Waals surface area contributed by atoms with Gasteiger partial charge in [0, 0.05) is 17.8 Å². The Balaban J connectivity index is 2.21. The number of carbonyl (C=O) groups excluding carboxylic acids is 1. The maximum atomic E-state index is 11.9. The molecular formula is C16H14N4O3. The second-order valence-corrected chi connectivity index (χ2v) is 4.73. The molecule has 1 aromatic heterocycles. The summed E-state index contributed by atoms with van der Waals surface area (Å²) in [7, 11) is 0. The number of hydrogen-bond donors (Lipinski definition) is 3. The third kappa shape index (κ3) is 3.83. The summed E-state index contributed by atoms with van der Waals surface area (Å²) in [4.78, 5) is 26.8. The van der Waals surface area contributed by atoms with Gasteiger partial charge in [0.25, 0.3) is 5.91 Å². The van der Waals surface area contributed by atoms with E-state index in [1.165, 1.54) is 13.1 Å². The number of fused-ring (bicyclic) bond motifs is 1. The quantitative estimate of drug-likeness (QED) is 0.571. The topological polar surface area (TPSA) is 115 Å². The molecule has 0 spiro atoms. The molecule has 1 amide bonds. The van der Waals surface area contributed by atoms with E-state index in [1.807, 2.05) is 24.3 Å². The Morgan fingerprint density at radius 1 is 1.35 bits per heavy atom. The first-order valence-corrected chi connectivity index (χ1v) is 6.77. The van der Waals surface area contributed by atoms with E-state index in [-0.39, 0.29) is 5.57 Å². The smallest absolute Gasteiger partial charge is 0.325 e. The summed E-state index contributed by atoms with van der Waals surface area (Å²) < 4.78 is 0. The number of nitrogens with zero attached hydrogens (tertiary/aromatic N) is 2. The molecule has 116 valence electrons. The summed E-state index contributed by atoms with van der Waals surface area (Å²) >= 11 is 0. The number of benzene rings is 1. The maximum absolute atomic E-state index is 11.9. The van der Waals surface area contributed by atoms with Crippen LogP contribution in [0.2, 0.25) is 0 Å². The van der Waals surface area contributed by atoms with Crippen LogP contribution < -0.4 is 10.6 Å². The molecule has 0 aliphatic carbocycles. The monoisotopic (exact) mass is 310 g/mol. The fraction of sp³-hybridized carbons (Fsp3) is 0.125. The first-order valence-electron chi connectivity index (χ1n) is 6.77. The lowest BCUT2D eigenvalue weighted by atomic mass is 10.2. The maximum Gasteiger partial charge on any atom is 0.325 e. The normalized spacial score (nSPS) is 12.3. The van der Waals surface area contributed by atoms with Gasteiger partial charge < -0.3 is 15.7 Å². The zero-order valence-electron chi connectivity index (χ0n) is 12.3. The first-order chi connectivity index (χ1) is 11.0. The van der Waals surface area contributed by atoms with Crippen LogP contribution in [0.15, 0.2) is 48.3 Å². The number of carbonyl (C=O) groups is 2. The molecule has 1 unspecified atom stereocenters. The standard InChI is InChI=1S/C16H14N4O3/c1-10(16(22)23)20-15(21)12(8-17)9-19-13-6-2-4-11-5-3-7-18-14(11)13/h2-7,9-10,19H,1H3,(H,20,21)(H,22,23)/b12-9-. The number of pyridine rings is 1. The van der Waals surface area contributed by atoms with E-state index in [4.69, 9.17) is 10.4 Å². The Hall–Kier alpha value is -3.40. The van der Waals surface area contributed by atoms with Gasteiger partial charge in [0.1, 0.15) is 17.7 Å². The van der Waals surface area contributed by atoms with Crippen molar-refractivity contribution in [3.05, 3.63) is 48.3 Å². The molecule has 7 nitrogen and oxygen atoms in total. The number of anilines is 1. The molecule has 0 aliphatic rings. The summed E-state index contributed by atoms with van der Waals surface area (Å²) in [6.07, 6.45) is 2.87. The van der Waals surface area contributed by atoms with Gasteiger partial charge in [-0.25, -0.2) is 0 Å². The van der Waals surface area contributed by atoms with Gasteiger partial charge in [0.15, 0.2) is 0 Å². The SMILES string of the molecule is CC(NC(=O)/C(C#N)=C\Nc1cccc2cccnc12)C(=O)O. The van der Waals surface area contributed by atoms with Crippen molar-refractivity contribution in [3.63, 3.8) is 0 Å².